The van der Waals surface area contributed by atoms with Gasteiger partial charge in [0.15, 0.2) is 11.5 Å². The summed E-state index contributed by atoms with van der Waals surface area (Å²) in [5.41, 5.74) is 0.605. The van der Waals surface area contributed by atoms with Gasteiger partial charge in [-0.2, -0.15) is 0 Å². The number of fused-ring (bicyclic) bond motifs is 1. The van der Waals surface area contributed by atoms with E-state index in [-0.39, 0.29) is 37.8 Å². The lowest BCUT2D eigenvalue weighted by atomic mass is 10.1. The van der Waals surface area contributed by atoms with Crippen LogP contribution in [0.2, 0.25) is 0 Å². The normalized spacial score (nSPS) is 13.5. The van der Waals surface area contributed by atoms with E-state index in [4.69, 9.17) is 9.47 Å². The van der Waals surface area contributed by atoms with Crippen LogP contribution in [0.3, 0.4) is 0 Å². The van der Waals surface area contributed by atoms with Gasteiger partial charge in [-0.05, 0) is 23.8 Å². The average molecular weight is 330 g/mol. The number of aliphatic hydroxyl groups is 1. The molecule has 1 aliphatic rings. The van der Waals surface area contributed by atoms with Crippen LogP contribution in [0.25, 0.3) is 0 Å². The Hall–Kier alpha value is -2.80. The van der Waals surface area contributed by atoms with Crippen molar-refractivity contribution < 1.29 is 19.4 Å². The summed E-state index contributed by atoms with van der Waals surface area (Å²) in [6.07, 6.45) is 0.931. The number of benzene rings is 1. The molecule has 0 aliphatic carbocycles. The van der Waals surface area contributed by atoms with Crippen molar-refractivity contribution in [2.75, 3.05) is 13.3 Å². The number of carbonyl (C=O) groups excluding carboxylic acids is 1. The summed E-state index contributed by atoms with van der Waals surface area (Å²) in [6.45, 7) is 0.394. The predicted octanol–water partition coefficient (Wildman–Crippen LogP) is 0.297. The second-order valence-electron chi connectivity index (χ2n) is 5.51. The van der Waals surface area contributed by atoms with E-state index in [0.717, 1.165) is 5.56 Å². The van der Waals surface area contributed by atoms with Crippen molar-refractivity contribution >= 4 is 5.91 Å². The number of aromatic nitrogens is 1. The highest BCUT2D eigenvalue weighted by Gasteiger charge is 2.15. The number of nitrogens with zero attached hydrogens (tertiary/aromatic N) is 1. The molecular formula is C17H18N2O5. The standard InChI is InChI=1S/C17H18N2O5/c20-13(10-19-6-2-1-3-17(19)22)9-18-16(21)8-12-4-5-14-15(7-12)24-11-23-14/h1-7,13,20H,8-11H2,(H,18,21). The molecule has 1 unspecified atom stereocenters. The van der Waals surface area contributed by atoms with Crippen LogP contribution in [0.5, 0.6) is 11.5 Å². The number of rotatable bonds is 6. The highest BCUT2D eigenvalue weighted by Crippen LogP contribution is 2.32. The minimum Gasteiger partial charge on any atom is -0.454 e. The molecule has 2 N–H and O–H groups in total. The van der Waals surface area contributed by atoms with Crippen LogP contribution in [-0.2, 0) is 17.8 Å². The number of pyridine rings is 1. The van der Waals surface area contributed by atoms with E-state index in [1.54, 1.807) is 36.5 Å². The molecule has 7 heteroatoms. The molecule has 1 aromatic carbocycles. The van der Waals surface area contributed by atoms with E-state index in [1.807, 2.05) is 0 Å². The van der Waals surface area contributed by atoms with Crippen LogP contribution in [0, 0.1) is 0 Å². The van der Waals surface area contributed by atoms with Crippen LogP contribution in [0.15, 0.2) is 47.4 Å². The van der Waals surface area contributed by atoms with Gasteiger partial charge in [0.05, 0.1) is 19.1 Å². The number of ether oxygens (including phenoxy) is 2. The molecule has 1 atom stereocenters. The third-order valence-electron chi connectivity index (χ3n) is 3.64. The van der Waals surface area contributed by atoms with E-state index in [0.29, 0.717) is 11.5 Å². The number of hydrogen-bond donors (Lipinski definition) is 2. The number of amides is 1. The van der Waals surface area contributed by atoms with Crippen molar-refractivity contribution in [2.45, 2.75) is 19.1 Å². The summed E-state index contributed by atoms with van der Waals surface area (Å²) in [5.74, 6) is 1.08. The smallest absolute Gasteiger partial charge is 0.250 e. The van der Waals surface area contributed by atoms with Crippen molar-refractivity contribution in [3.63, 3.8) is 0 Å². The summed E-state index contributed by atoms with van der Waals surface area (Å²) >= 11 is 0. The van der Waals surface area contributed by atoms with E-state index in [9.17, 15) is 14.7 Å². The molecule has 0 fully saturated rings. The maximum absolute atomic E-state index is 12.0. The van der Waals surface area contributed by atoms with E-state index >= 15 is 0 Å². The zero-order valence-electron chi connectivity index (χ0n) is 13.0. The van der Waals surface area contributed by atoms with Crippen molar-refractivity contribution in [3.05, 3.63) is 58.5 Å². The van der Waals surface area contributed by atoms with Crippen LogP contribution < -0.4 is 20.3 Å². The fourth-order valence-corrected chi connectivity index (χ4v) is 2.43. The Kier molecular flexibility index (Phi) is 4.81. The van der Waals surface area contributed by atoms with Crippen LogP contribution in [0.4, 0.5) is 0 Å². The Labute approximate surface area is 138 Å². The van der Waals surface area contributed by atoms with Crippen LogP contribution in [0.1, 0.15) is 5.56 Å². The highest BCUT2D eigenvalue weighted by atomic mass is 16.7. The minimum absolute atomic E-state index is 0.0741. The number of aliphatic hydroxyl groups excluding tert-OH is 1. The molecule has 0 radical (unpaired) electrons. The van der Waals surface area contributed by atoms with Crippen molar-refractivity contribution in [1.82, 2.24) is 9.88 Å². The van der Waals surface area contributed by atoms with Gasteiger partial charge in [0, 0.05) is 18.8 Å². The molecule has 7 nitrogen and oxygen atoms in total. The van der Waals surface area contributed by atoms with Gasteiger partial charge in [0.2, 0.25) is 12.7 Å². The summed E-state index contributed by atoms with van der Waals surface area (Å²) in [4.78, 5) is 23.5. The molecule has 2 heterocycles. The monoisotopic (exact) mass is 330 g/mol. The second kappa shape index (κ2) is 7.18. The molecule has 1 aromatic heterocycles. The SMILES string of the molecule is O=C(Cc1ccc2c(c1)OCO2)NCC(O)Cn1ccccc1=O. The van der Waals surface area contributed by atoms with Gasteiger partial charge < -0.3 is 24.5 Å². The maximum atomic E-state index is 12.0. The molecule has 0 saturated carbocycles. The third kappa shape index (κ3) is 3.94. The summed E-state index contributed by atoms with van der Waals surface area (Å²) < 4.78 is 11.9. The van der Waals surface area contributed by atoms with Crippen molar-refractivity contribution in [2.24, 2.45) is 0 Å². The topological polar surface area (TPSA) is 89.8 Å². The van der Waals surface area contributed by atoms with Gasteiger partial charge in [-0.3, -0.25) is 9.59 Å². The van der Waals surface area contributed by atoms with Crippen LogP contribution in [-0.4, -0.2) is 35.0 Å². The first-order chi connectivity index (χ1) is 11.6. The lowest BCUT2D eigenvalue weighted by molar-refractivity contribution is -0.120. The molecule has 0 spiro atoms. The number of nitrogens with one attached hydrogen (secondary N) is 1. The molecule has 126 valence electrons. The van der Waals surface area contributed by atoms with Gasteiger partial charge in [-0.1, -0.05) is 12.1 Å². The molecule has 2 aromatic rings. The van der Waals surface area contributed by atoms with Gasteiger partial charge in [0.25, 0.3) is 5.56 Å². The largest absolute Gasteiger partial charge is 0.454 e. The first kappa shape index (κ1) is 16.1. The first-order valence-corrected chi connectivity index (χ1v) is 7.60. The van der Waals surface area contributed by atoms with E-state index in [1.165, 1.54) is 10.6 Å². The molecular weight excluding hydrogens is 312 g/mol. The minimum atomic E-state index is -0.842. The Morgan fingerprint density at radius 3 is 2.92 bits per heavy atom. The predicted molar refractivity (Wildman–Crippen MR) is 86.0 cm³/mol. The molecule has 1 amide bonds. The Bertz CT molecular complexity index is 787. The average Bonchev–Trinajstić information content (AvgIpc) is 3.03. The summed E-state index contributed by atoms with van der Waals surface area (Å²) in [5, 5.41) is 12.6. The van der Waals surface area contributed by atoms with Gasteiger partial charge in [-0.25, -0.2) is 0 Å². The van der Waals surface area contributed by atoms with Gasteiger partial charge >= 0.3 is 0 Å². The quantitative estimate of drug-likeness (QED) is 0.795. The third-order valence-corrected chi connectivity index (χ3v) is 3.64. The fourth-order valence-electron chi connectivity index (χ4n) is 2.43. The lowest BCUT2D eigenvalue weighted by Crippen LogP contribution is -2.37. The molecule has 3 rings (SSSR count). The second-order valence-corrected chi connectivity index (χ2v) is 5.51. The van der Waals surface area contributed by atoms with Crippen molar-refractivity contribution in [1.29, 1.82) is 0 Å². The lowest BCUT2D eigenvalue weighted by Gasteiger charge is -2.13. The Morgan fingerprint density at radius 2 is 2.08 bits per heavy atom. The molecule has 24 heavy (non-hydrogen) atoms. The number of carbonyl (C=O) groups is 1. The van der Waals surface area contributed by atoms with Crippen LogP contribution >= 0.6 is 0 Å². The zero-order valence-corrected chi connectivity index (χ0v) is 13.0. The van der Waals surface area contributed by atoms with Gasteiger partial charge in [0.1, 0.15) is 0 Å². The first-order valence-electron chi connectivity index (χ1n) is 7.60. The summed E-state index contributed by atoms with van der Waals surface area (Å²) in [6, 6.07) is 10.1. The fraction of sp³-hybridized carbons (Fsp3) is 0.294. The Morgan fingerprint density at radius 1 is 1.25 bits per heavy atom. The zero-order chi connectivity index (χ0) is 16.9. The van der Waals surface area contributed by atoms with E-state index < -0.39 is 6.10 Å². The Balaban J connectivity index is 1.48. The molecule has 0 saturated heterocycles. The van der Waals surface area contributed by atoms with Crippen molar-refractivity contribution in [3.8, 4) is 11.5 Å². The highest BCUT2D eigenvalue weighted by molar-refractivity contribution is 5.78. The molecule has 0 bridgehead atoms. The van der Waals surface area contributed by atoms with Gasteiger partial charge in [-0.15, -0.1) is 0 Å². The van der Waals surface area contributed by atoms with E-state index in [2.05, 4.69) is 5.32 Å². The molecule has 1 aliphatic heterocycles. The maximum Gasteiger partial charge on any atom is 0.250 e. The summed E-state index contributed by atoms with van der Waals surface area (Å²) in [7, 11) is 0. The number of hydrogen-bond acceptors (Lipinski definition) is 5.